The van der Waals surface area contributed by atoms with Crippen LogP contribution in [-0.2, 0) is 14.3 Å². The van der Waals surface area contributed by atoms with Gasteiger partial charge < -0.3 is 9.53 Å². The molecule has 0 aromatic rings. The van der Waals surface area contributed by atoms with Crippen molar-refractivity contribution in [1.82, 2.24) is 0 Å². The highest BCUT2D eigenvalue weighted by Crippen LogP contribution is 2.47. The lowest BCUT2D eigenvalue weighted by atomic mass is 9.61. The van der Waals surface area contributed by atoms with Gasteiger partial charge in [-0.1, -0.05) is 32.8 Å². The average molecular weight is 252 g/mol. The van der Waals surface area contributed by atoms with Crippen LogP contribution in [0.15, 0.2) is 11.1 Å². The van der Waals surface area contributed by atoms with Crippen molar-refractivity contribution in [3.05, 3.63) is 11.1 Å². The fourth-order valence-corrected chi connectivity index (χ4v) is 3.15. The van der Waals surface area contributed by atoms with Crippen molar-refractivity contribution in [1.29, 1.82) is 0 Å². The van der Waals surface area contributed by atoms with Crippen LogP contribution < -0.4 is 0 Å². The first-order valence-corrected chi connectivity index (χ1v) is 6.62. The van der Waals surface area contributed by atoms with E-state index in [0.29, 0.717) is 12.5 Å². The summed E-state index contributed by atoms with van der Waals surface area (Å²) in [6.45, 7) is 10.1. The monoisotopic (exact) mass is 252 g/mol. The van der Waals surface area contributed by atoms with Crippen molar-refractivity contribution in [3.8, 4) is 0 Å². The molecule has 0 unspecified atom stereocenters. The summed E-state index contributed by atoms with van der Waals surface area (Å²) in [5, 5.41) is 0. The second-order valence-corrected chi connectivity index (χ2v) is 5.80. The number of allylic oxidation sites excluding steroid dienone is 1. The van der Waals surface area contributed by atoms with E-state index in [0.717, 1.165) is 24.7 Å². The topological polar surface area (TPSA) is 43.4 Å². The van der Waals surface area contributed by atoms with E-state index in [4.69, 9.17) is 4.74 Å². The number of carbonyl (C=O) groups excluding carboxylic acids is 2. The largest absolute Gasteiger partial charge is 0.461 e. The van der Waals surface area contributed by atoms with E-state index in [2.05, 4.69) is 27.7 Å². The van der Waals surface area contributed by atoms with Crippen LogP contribution in [0.1, 0.15) is 47.5 Å². The van der Waals surface area contributed by atoms with E-state index in [9.17, 15) is 9.59 Å². The van der Waals surface area contributed by atoms with Gasteiger partial charge in [-0.05, 0) is 30.3 Å². The van der Waals surface area contributed by atoms with Crippen molar-refractivity contribution in [2.45, 2.75) is 47.5 Å². The van der Waals surface area contributed by atoms with Crippen molar-refractivity contribution in [2.75, 3.05) is 6.61 Å². The van der Waals surface area contributed by atoms with Crippen LogP contribution in [-0.4, -0.2) is 18.9 Å². The van der Waals surface area contributed by atoms with Crippen LogP contribution in [0.2, 0.25) is 0 Å². The van der Waals surface area contributed by atoms with Gasteiger partial charge >= 0.3 is 5.97 Å². The third-order valence-electron chi connectivity index (χ3n) is 4.29. The Morgan fingerprint density at radius 3 is 2.56 bits per heavy atom. The normalized spacial score (nSPS) is 26.9. The Kier molecular flexibility index (Phi) is 4.71. The molecule has 1 aliphatic carbocycles. The lowest BCUT2D eigenvalue weighted by Crippen LogP contribution is -2.39. The average Bonchev–Trinajstić information content (AvgIpc) is 2.26. The summed E-state index contributed by atoms with van der Waals surface area (Å²) in [5.41, 5.74) is 2.16. The van der Waals surface area contributed by atoms with Gasteiger partial charge in [0.05, 0.1) is 0 Å². The maximum Gasteiger partial charge on any atom is 0.302 e. The lowest BCUT2D eigenvalue weighted by Gasteiger charge is -2.43. The maximum atomic E-state index is 11.4. The standard InChI is InChI=1S/C15H24O3/c1-6-12-7-10(2)14(9-18-11(3)17)15(4,5)13(12)8-16/h8,12-13H,6-7,9H2,1-5H3/t12-,13+/m0/s1. The number of hydrogen-bond acceptors (Lipinski definition) is 3. The molecule has 3 nitrogen and oxygen atoms in total. The molecule has 0 amide bonds. The first-order chi connectivity index (χ1) is 8.34. The molecule has 1 rings (SSSR count). The zero-order valence-corrected chi connectivity index (χ0v) is 12.1. The fraction of sp³-hybridized carbons (Fsp3) is 0.733. The Morgan fingerprint density at radius 1 is 1.50 bits per heavy atom. The molecule has 0 spiro atoms. The van der Waals surface area contributed by atoms with Gasteiger partial charge in [0.25, 0.3) is 0 Å². The Labute approximate surface area is 110 Å². The molecule has 0 aromatic carbocycles. The van der Waals surface area contributed by atoms with Crippen LogP contribution in [0, 0.1) is 17.3 Å². The molecule has 0 heterocycles. The number of carbonyl (C=O) groups is 2. The maximum absolute atomic E-state index is 11.4. The minimum Gasteiger partial charge on any atom is -0.461 e. The third kappa shape index (κ3) is 2.82. The van der Waals surface area contributed by atoms with Gasteiger partial charge in [0, 0.05) is 12.8 Å². The summed E-state index contributed by atoms with van der Waals surface area (Å²) in [6.07, 6.45) is 3.01. The molecule has 0 aromatic heterocycles. The molecule has 2 atom stereocenters. The fourth-order valence-electron chi connectivity index (χ4n) is 3.15. The summed E-state index contributed by atoms with van der Waals surface area (Å²) in [5.74, 6) is 0.140. The molecule has 18 heavy (non-hydrogen) atoms. The van der Waals surface area contributed by atoms with Crippen molar-refractivity contribution in [2.24, 2.45) is 17.3 Å². The molecule has 0 radical (unpaired) electrons. The molecule has 0 aliphatic heterocycles. The molecular weight excluding hydrogens is 228 g/mol. The SMILES string of the molecule is CC[C@H]1CC(C)=C(COC(C)=O)C(C)(C)[C@@H]1C=O. The zero-order chi connectivity index (χ0) is 13.9. The molecule has 0 bridgehead atoms. The van der Waals surface area contributed by atoms with E-state index in [-0.39, 0.29) is 17.3 Å². The highest BCUT2D eigenvalue weighted by molar-refractivity contribution is 5.66. The van der Waals surface area contributed by atoms with Gasteiger partial charge in [-0.25, -0.2) is 0 Å². The number of ether oxygens (including phenoxy) is 1. The Balaban J connectivity index is 3.05. The highest BCUT2D eigenvalue weighted by Gasteiger charge is 2.42. The number of aldehydes is 1. The number of esters is 1. The predicted molar refractivity (Wildman–Crippen MR) is 71.1 cm³/mol. The second kappa shape index (κ2) is 5.68. The first kappa shape index (κ1) is 14.9. The first-order valence-electron chi connectivity index (χ1n) is 6.62. The van der Waals surface area contributed by atoms with Gasteiger partial charge in [-0.15, -0.1) is 0 Å². The predicted octanol–water partition coefficient (Wildman–Crippen LogP) is 3.14. The molecule has 0 saturated carbocycles. The van der Waals surface area contributed by atoms with Crippen LogP contribution in [0.3, 0.4) is 0 Å². The molecule has 0 fully saturated rings. The summed E-state index contributed by atoms with van der Waals surface area (Å²) >= 11 is 0. The number of hydrogen-bond donors (Lipinski definition) is 0. The van der Waals surface area contributed by atoms with Crippen LogP contribution in [0.5, 0.6) is 0 Å². The minimum atomic E-state index is -0.272. The zero-order valence-electron chi connectivity index (χ0n) is 12.1. The van der Waals surface area contributed by atoms with Gasteiger partial charge in [0.1, 0.15) is 12.9 Å². The number of rotatable bonds is 4. The molecule has 0 N–H and O–H groups in total. The smallest absolute Gasteiger partial charge is 0.302 e. The minimum absolute atomic E-state index is 0.0109. The van der Waals surface area contributed by atoms with Crippen molar-refractivity contribution >= 4 is 12.3 Å². The van der Waals surface area contributed by atoms with Gasteiger partial charge in [-0.2, -0.15) is 0 Å². The van der Waals surface area contributed by atoms with E-state index >= 15 is 0 Å². The third-order valence-corrected chi connectivity index (χ3v) is 4.29. The molecule has 102 valence electrons. The van der Waals surface area contributed by atoms with Crippen LogP contribution in [0.25, 0.3) is 0 Å². The molecule has 3 heteroatoms. The van der Waals surface area contributed by atoms with Crippen molar-refractivity contribution < 1.29 is 14.3 Å². The quantitative estimate of drug-likeness (QED) is 0.438. The Bertz CT molecular complexity index is 366. The van der Waals surface area contributed by atoms with E-state index in [1.807, 2.05) is 0 Å². The molecular formula is C15H24O3. The van der Waals surface area contributed by atoms with Crippen LogP contribution in [0.4, 0.5) is 0 Å². The van der Waals surface area contributed by atoms with E-state index in [1.54, 1.807) is 0 Å². The van der Waals surface area contributed by atoms with E-state index < -0.39 is 0 Å². The Hall–Kier alpha value is -1.12. The summed E-state index contributed by atoms with van der Waals surface area (Å²) in [4.78, 5) is 22.4. The van der Waals surface area contributed by atoms with Crippen LogP contribution >= 0.6 is 0 Å². The lowest BCUT2D eigenvalue weighted by molar-refractivity contribution is -0.140. The highest BCUT2D eigenvalue weighted by atomic mass is 16.5. The molecule has 0 saturated heterocycles. The van der Waals surface area contributed by atoms with Gasteiger partial charge in [0.2, 0.25) is 0 Å². The van der Waals surface area contributed by atoms with Gasteiger partial charge in [0.15, 0.2) is 0 Å². The summed E-state index contributed by atoms with van der Waals surface area (Å²) in [6, 6.07) is 0. The second-order valence-electron chi connectivity index (χ2n) is 5.80. The Morgan fingerprint density at radius 2 is 2.11 bits per heavy atom. The van der Waals surface area contributed by atoms with Gasteiger partial charge in [-0.3, -0.25) is 4.79 Å². The summed E-state index contributed by atoms with van der Waals surface area (Å²) < 4.78 is 5.14. The summed E-state index contributed by atoms with van der Waals surface area (Å²) in [7, 11) is 0. The van der Waals surface area contributed by atoms with E-state index in [1.165, 1.54) is 12.5 Å². The van der Waals surface area contributed by atoms with Crippen molar-refractivity contribution in [3.63, 3.8) is 0 Å². The molecule has 1 aliphatic rings.